The minimum atomic E-state index is 0.701. The van der Waals surface area contributed by atoms with Crippen molar-refractivity contribution < 1.29 is 4.42 Å². The van der Waals surface area contributed by atoms with Crippen molar-refractivity contribution in [1.82, 2.24) is 25.5 Å². The van der Waals surface area contributed by atoms with E-state index in [-0.39, 0.29) is 0 Å². The van der Waals surface area contributed by atoms with Gasteiger partial charge in [0.15, 0.2) is 5.11 Å². The lowest BCUT2D eigenvalue weighted by atomic mass is 10.5. The standard InChI is InChI=1S/C15H22N4OS2.C2H7N/c1-12-3-4-14(20-12)11-22-10-7-18-15(21)17-6-9-19-8-5-16-13(19)2;1-3-2/h3-5,8H,6-7,9-11H2,1-2H3,(H2,17,18,21);3H,1-2H3. The van der Waals surface area contributed by atoms with Gasteiger partial charge in [0.1, 0.15) is 17.3 Å². The summed E-state index contributed by atoms with van der Waals surface area (Å²) in [7, 11) is 3.75. The van der Waals surface area contributed by atoms with Gasteiger partial charge in [-0.25, -0.2) is 4.98 Å². The number of thiocarbonyl (C=S) groups is 1. The van der Waals surface area contributed by atoms with E-state index in [1.165, 1.54) is 0 Å². The zero-order valence-corrected chi connectivity index (χ0v) is 17.1. The van der Waals surface area contributed by atoms with E-state index < -0.39 is 0 Å². The molecule has 2 rings (SSSR count). The molecule has 3 N–H and O–H groups in total. The van der Waals surface area contributed by atoms with Gasteiger partial charge in [0.05, 0.1) is 5.75 Å². The Morgan fingerprint density at radius 2 is 1.96 bits per heavy atom. The molecule has 0 aliphatic heterocycles. The smallest absolute Gasteiger partial charge is 0.166 e. The largest absolute Gasteiger partial charge is 0.466 e. The molecule has 2 aromatic heterocycles. The molecule has 0 saturated heterocycles. The van der Waals surface area contributed by atoms with Crippen molar-refractivity contribution in [3.8, 4) is 0 Å². The second kappa shape index (κ2) is 12.8. The molecule has 0 saturated carbocycles. The van der Waals surface area contributed by atoms with Crippen LogP contribution >= 0.6 is 24.0 Å². The van der Waals surface area contributed by atoms with Crippen molar-refractivity contribution in [2.45, 2.75) is 26.1 Å². The summed E-state index contributed by atoms with van der Waals surface area (Å²) in [6, 6.07) is 4.02. The number of hydrogen-bond acceptors (Lipinski definition) is 5. The van der Waals surface area contributed by atoms with Gasteiger partial charge in [-0.05, 0) is 52.3 Å². The summed E-state index contributed by atoms with van der Waals surface area (Å²) >= 11 is 7.08. The number of aromatic nitrogens is 2. The van der Waals surface area contributed by atoms with Crippen LogP contribution < -0.4 is 16.0 Å². The number of nitrogens with zero attached hydrogens (tertiary/aromatic N) is 2. The highest BCUT2D eigenvalue weighted by atomic mass is 32.2. The molecule has 0 bridgehead atoms. The third kappa shape index (κ3) is 9.52. The minimum absolute atomic E-state index is 0.701. The molecule has 0 aliphatic carbocycles. The summed E-state index contributed by atoms with van der Waals surface area (Å²) < 4.78 is 7.62. The third-order valence-electron chi connectivity index (χ3n) is 3.13. The lowest BCUT2D eigenvalue weighted by Crippen LogP contribution is -2.38. The number of rotatable bonds is 8. The van der Waals surface area contributed by atoms with E-state index in [2.05, 4.69) is 25.5 Å². The van der Waals surface area contributed by atoms with Gasteiger partial charge >= 0.3 is 0 Å². The van der Waals surface area contributed by atoms with Crippen LogP contribution in [0.1, 0.15) is 17.3 Å². The summed E-state index contributed by atoms with van der Waals surface area (Å²) in [4.78, 5) is 4.19. The van der Waals surface area contributed by atoms with Crippen LogP contribution in [0.25, 0.3) is 0 Å². The van der Waals surface area contributed by atoms with Crippen molar-refractivity contribution in [1.29, 1.82) is 0 Å². The number of nitrogens with one attached hydrogen (secondary N) is 3. The Bertz CT molecular complexity index is 612. The predicted octanol–water partition coefficient (Wildman–Crippen LogP) is 2.33. The second-order valence-electron chi connectivity index (χ2n) is 5.42. The molecule has 6 nitrogen and oxygen atoms in total. The molecular weight excluding hydrogens is 354 g/mol. The van der Waals surface area contributed by atoms with Gasteiger partial charge in [0.2, 0.25) is 0 Å². The predicted molar refractivity (Wildman–Crippen MR) is 110 cm³/mol. The minimum Gasteiger partial charge on any atom is -0.466 e. The average Bonchev–Trinajstić information content (AvgIpc) is 3.16. The maximum Gasteiger partial charge on any atom is 0.166 e. The normalized spacial score (nSPS) is 10.1. The van der Waals surface area contributed by atoms with E-state index in [0.29, 0.717) is 5.11 Å². The molecule has 25 heavy (non-hydrogen) atoms. The van der Waals surface area contributed by atoms with Crippen LogP contribution in [0.3, 0.4) is 0 Å². The molecule has 2 aromatic rings. The van der Waals surface area contributed by atoms with Crippen LogP contribution in [0, 0.1) is 13.8 Å². The van der Waals surface area contributed by atoms with E-state index >= 15 is 0 Å². The maximum absolute atomic E-state index is 5.52. The van der Waals surface area contributed by atoms with Crippen LogP contribution in [0.4, 0.5) is 0 Å². The molecule has 140 valence electrons. The van der Waals surface area contributed by atoms with Gasteiger partial charge < -0.3 is 24.9 Å². The third-order valence-corrected chi connectivity index (χ3v) is 4.40. The Kier molecular flexibility index (Phi) is 11.0. The van der Waals surface area contributed by atoms with E-state index in [4.69, 9.17) is 16.6 Å². The Morgan fingerprint density at radius 3 is 2.56 bits per heavy atom. The van der Waals surface area contributed by atoms with Crippen molar-refractivity contribution in [3.63, 3.8) is 0 Å². The summed E-state index contributed by atoms with van der Waals surface area (Å²) in [5.74, 6) is 4.90. The van der Waals surface area contributed by atoms with Gasteiger partial charge in [-0.2, -0.15) is 11.8 Å². The molecule has 8 heteroatoms. The number of imidazole rings is 1. The highest BCUT2D eigenvalue weighted by molar-refractivity contribution is 7.98. The Hall–Kier alpha value is -1.51. The summed E-state index contributed by atoms with van der Waals surface area (Å²) in [6.45, 7) is 6.46. The van der Waals surface area contributed by atoms with E-state index in [0.717, 1.165) is 48.5 Å². The van der Waals surface area contributed by atoms with E-state index in [9.17, 15) is 0 Å². The first-order chi connectivity index (χ1) is 12.1. The lowest BCUT2D eigenvalue weighted by Gasteiger charge is -2.11. The molecule has 0 amide bonds. The van der Waals surface area contributed by atoms with Gasteiger partial charge in [-0.15, -0.1) is 0 Å². The fourth-order valence-corrected chi connectivity index (χ4v) is 2.92. The maximum atomic E-state index is 5.52. The molecule has 0 radical (unpaired) electrons. The number of furan rings is 1. The van der Waals surface area contributed by atoms with Crippen LogP contribution in [-0.4, -0.2) is 47.6 Å². The molecule has 0 fully saturated rings. The second-order valence-corrected chi connectivity index (χ2v) is 6.93. The molecule has 2 heterocycles. The molecule has 0 aliphatic rings. The average molecular weight is 384 g/mol. The molecule has 0 atom stereocenters. The van der Waals surface area contributed by atoms with Crippen LogP contribution in [0.5, 0.6) is 0 Å². The number of thioether (sulfide) groups is 1. The van der Waals surface area contributed by atoms with E-state index in [1.807, 2.05) is 64.2 Å². The topological polar surface area (TPSA) is 67.0 Å². The Balaban J connectivity index is 0.000000970. The zero-order valence-electron chi connectivity index (χ0n) is 15.5. The van der Waals surface area contributed by atoms with Crippen molar-refractivity contribution >= 4 is 29.1 Å². The Labute approximate surface area is 160 Å². The SMILES string of the molecule is CNC.Cc1ccc(CSCCNC(=S)NCCn2ccnc2C)o1. The highest BCUT2D eigenvalue weighted by Gasteiger charge is 2.00. The fourth-order valence-electron chi connectivity index (χ4n) is 1.96. The van der Waals surface area contributed by atoms with Crippen LogP contribution in [0.2, 0.25) is 0 Å². The van der Waals surface area contributed by atoms with Crippen molar-refractivity contribution in [3.05, 3.63) is 41.9 Å². The van der Waals surface area contributed by atoms with Gasteiger partial charge in [0, 0.05) is 37.8 Å². The lowest BCUT2D eigenvalue weighted by molar-refractivity contribution is 0.501. The Morgan fingerprint density at radius 1 is 1.24 bits per heavy atom. The fraction of sp³-hybridized carbons (Fsp3) is 0.529. The van der Waals surface area contributed by atoms with Crippen LogP contribution in [-0.2, 0) is 12.3 Å². The van der Waals surface area contributed by atoms with E-state index in [1.54, 1.807) is 0 Å². The monoisotopic (exact) mass is 383 g/mol. The van der Waals surface area contributed by atoms with Gasteiger partial charge in [-0.1, -0.05) is 0 Å². The summed E-state index contributed by atoms with van der Waals surface area (Å²) in [5, 5.41) is 9.87. The first-order valence-electron chi connectivity index (χ1n) is 8.27. The van der Waals surface area contributed by atoms with Crippen molar-refractivity contribution in [2.24, 2.45) is 0 Å². The molecular formula is C17H29N5OS2. The van der Waals surface area contributed by atoms with Gasteiger partial charge in [0.25, 0.3) is 0 Å². The molecule has 0 aromatic carbocycles. The highest BCUT2D eigenvalue weighted by Crippen LogP contribution is 2.14. The summed E-state index contributed by atoms with van der Waals surface area (Å²) in [6.07, 6.45) is 3.78. The van der Waals surface area contributed by atoms with Gasteiger partial charge in [-0.3, -0.25) is 0 Å². The molecule has 0 spiro atoms. The van der Waals surface area contributed by atoms with Crippen LogP contribution in [0.15, 0.2) is 28.9 Å². The molecule has 0 unspecified atom stereocenters. The zero-order chi connectivity index (χ0) is 18.5. The first-order valence-corrected chi connectivity index (χ1v) is 9.84. The van der Waals surface area contributed by atoms with Crippen molar-refractivity contribution in [2.75, 3.05) is 32.9 Å². The number of hydrogen-bond donors (Lipinski definition) is 3. The number of aryl methyl sites for hydroxylation is 2. The quantitative estimate of drug-likeness (QED) is 0.477. The summed E-state index contributed by atoms with van der Waals surface area (Å²) in [5.41, 5.74) is 0. The first kappa shape index (κ1) is 21.5.